The van der Waals surface area contributed by atoms with Crippen LogP contribution in [0.1, 0.15) is 35.6 Å². The fourth-order valence-electron chi connectivity index (χ4n) is 4.09. The molecule has 5 nitrogen and oxygen atoms in total. The van der Waals surface area contributed by atoms with Crippen LogP contribution >= 0.6 is 0 Å². The molecule has 0 unspecified atom stereocenters. The summed E-state index contributed by atoms with van der Waals surface area (Å²) < 4.78 is 53.3. The molecule has 1 aliphatic heterocycles. The highest BCUT2D eigenvalue weighted by Gasteiger charge is 2.30. The Labute approximate surface area is 169 Å². The molecule has 0 spiro atoms. The van der Waals surface area contributed by atoms with Gasteiger partial charge in [-0.1, -0.05) is 12.1 Å². The number of nitrogens with zero attached hydrogens (tertiary/aromatic N) is 4. The third kappa shape index (κ3) is 3.65. The fourth-order valence-corrected chi connectivity index (χ4v) is 4.09. The van der Waals surface area contributed by atoms with Crippen LogP contribution < -0.4 is 4.90 Å². The summed E-state index contributed by atoms with van der Waals surface area (Å²) in [5, 5.41) is 19.7. The predicted octanol–water partition coefficient (Wildman–Crippen LogP) is 4.54. The van der Waals surface area contributed by atoms with Crippen LogP contribution in [0.15, 0.2) is 36.7 Å². The number of hydrogen-bond acceptors (Lipinski definition) is 4. The minimum absolute atomic E-state index is 0.0176. The van der Waals surface area contributed by atoms with Crippen molar-refractivity contribution < 1.29 is 22.7 Å². The molecule has 0 saturated carbocycles. The SMILES string of the molecule is N#Cc1c(N2CCC(c3cccc(F)c3O)CC2)ccn2c(CC(F)(F)F)cnc12. The van der Waals surface area contributed by atoms with Crippen LogP contribution in [0.25, 0.3) is 5.65 Å². The smallest absolute Gasteiger partial charge is 0.394 e. The van der Waals surface area contributed by atoms with Crippen molar-refractivity contribution in [2.45, 2.75) is 31.4 Å². The van der Waals surface area contributed by atoms with Gasteiger partial charge in [-0.15, -0.1) is 0 Å². The van der Waals surface area contributed by atoms with E-state index in [0.717, 1.165) is 6.20 Å². The number of aromatic nitrogens is 2. The van der Waals surface area contributed by atoms with Gasteiger partial charge in [0.1, 0.15) is 11.6 Å². The van der Waals surface area contributed by atoms with Gasteiger partial charge in [0.15, 0.2) is 17.2 Å². The average Bonchev–Trinajstić information content (AvgIpc) is 3.11. The first kappa shape index (κ1) is 20.0. The zero-order chi connectivity index (χ0) is 21.5. The number of alkyl halides is 3. The third-order valence-corrected chi connectivity index (χ3v) is 5.52. The maximum Gasteiger partial charge on any atom is 0.394 e. The van der Waals surface area contributed by atoms with E-state index in [1.807, 2.05) is 4.90 Å². The van der Waals surface area contributed by atoms with Crippen molar-refractivity contribution in [3.05, 3.63) is 59.3 Å². The number of anilines is 1. The minimum atomic E-state index is -4.37. The lowest BCUT2D eigenvalue weighted by Gasteiger charge is -2.34. The van der Waals surface area contributed by atoms with E-state index in [2.05, 4.69) is 11.1 Å². The maximum absolute atomic E-state index is 13.7. The summed E-state index contributed by atoms with van der Waals surface area (Å²) in [4.78, 5) is 6.03. The van der Waals surface area contributed by atoms with Crippen molar-refractivity contribution >= 4 is 11.3 Å². The number of hydrogen-bond donors (Lipinski definition) is 1. The lowest BCUT2D eigenvalue weighted by Crippen LogP contribution is -2.33. The number of para-hydroxylation sites is 1. The average molecular weight is 418 g/mol. The zero-order valence-corrected chi connectivity index (χ0v) is 15.8. The maximum atomic E-state index is 13.7. The summed E-state index contributed by atoms with van der Waals surface area (Å²) in [5.74, 6) is -0.998. The molecule has 1 fully saturated rings. The topological polar surface area (TPSA) is 64.6 Å². The quantitative estimate of drug-likeness (QED) is 0.635. The van der Waals surface area contributed by atoms with Gasteiger partial charge in [-0.05, 0) is 30.9 Å². The first-order chi connectivity index (χ1) is 14.3. The van der Waals surface area contributed by atoms with Crippen LogP contribution in [0.4, 0.5) is 23.2 Å². The highest BCUT2D eigenvalue weighted by Crippen LogP contribution is 2.37. The van der Waals surface area contributed by atoms with Gasteiger partial charge in [-0.2, -0.15) is 18.4 Å². The third-order valence-electron chi connectivity index (χ3n) is 5.52. The molecule has 1 N–H and O–H groups in total. The first-order valence-electron chi connectivity index (χ1n) is 9.46. The molecule has 2 aromatic heterocycles. The molecule has 0 atom stereocenters. The molecular formula is C21H18F4N4O. The molecule has 156 valence electrons. The summed E-state index contributed by atoms with van der Waals surface area (Å²) in [6, 6.07) is 8.19. The Bertz CT molecular complexity index is 1120. The summed E-state index contributed by atoms with van der Waals surface area (Å²) in [5.41, 5.74) is 1.56. The van der Waals surface area contributed by atoms with E-state index in [-0.39, 0.29) is 28.6 Å². The van der Waals surface area contributed by atoms with Gasteiger partial charge in [0.2, 0.25) is 0 Å². The molecule has 3 heterocycles. The number of nitriles is 1. The van der Waals surface area contributed by atoms with Crippen LogP contribution in [-0.2, 0) is 6.42 Å². The number of imidazole rings is 1. The van der Waals surface area contributed by atoms with E-state index in [1.165, 1.54) is 16.7 Å². The molecule has 4 rings (SSSR count). The summed E-state index contributed by atoms with van der Waals surface area (Å²) in [7, 11) is 0. The van der Waals surface area contributed by atoms with Gasteiger partial charge >= 0.3 is 6.18 Å². The highest BCUT2D eigenvalue weighted by molar-refractivity contribution is 5.71. The van der Waals surface area contributed by atoms with Crippen molar-refractivity contribution in [2.75, 3.05) is 18.0 Å². The Morgan fingerprint density at radius 3 is 2.60 bits per heavy atom. The standard InChI is InChI=1S/C21H18F4N4O/c22-17-3-1-2-15(19(17)30)13-4-7-28(8-5-13)18-6-9-29-14(10-21(23,24)25)12-27-20(29)16(18)11-26/h1-3,6,9,12-13,30H,4-5,7-8,10H2. The van der Waals surface area contributed by atoms with Crippen molar-refractivity contribution in [1.82, 2.24) is 9.38 Å². The van der Waals surface area contributed by atoms with Crippen LogP contribution in [0.2, 0.25) is 0 Å². The van der Waals surface area contributed by atoms with Crippen molar-refractivity contribution in [2.24, 2.45) is 0 Å². The van der Waals surface area contributed by atoms with Crippen molar-refractivity contribution in [3.63, 3.8) is 0 Å². The second-order valence-electron chi connectivity index (χ2n) is 7.36. The Kier molecular flexibility index (Phi) is 5.02. The van der Waals surface area contributed by atoms with E-state index in [4.69, 9.17) is 0 Å². The lowest BCUT2D eigenvalue weighted by atomic mass is 9.88. The second kappa shape index (κ2) is 7.52. The predicted molar refractivity (Wildman–Crippen MR) is 102 cm³/mol. The van der Waals surface area contributed by atoms with Crippen LogP contribution in [-0.4, -0.2) is 33.8 Å². The molecule has 0 bridgehead atoms. The molecule has 3 aromatic rings. The van der Waals surface area contributed by atoms with Gasteiger partial charge in [-0.25, -0.2) is 9.37 Å². The van der Waals surface area contributed by atoms with E-state index >= 15 is 0 Å². The Hall–Kier alpha value is -3.28. The molecule has 1 saturated heterocycles. The van der Waals surface area contributed by atoms with Crippen LogP contribution in [0.3, 0.4) is 0 Å². The second-order valence-corrected chi connectivity index (χ2v) is 7.36. The van der Waals surface area contributed by atoms with Crippen molar-refractivity contribution in [1.29, 1.82) is 5.26 Å². The Morgan fingerprint density at radius 1 is 1.20 bits per heavy atom. The number of halogens is 4. The number of fused-ring (bicyclic) bond motifs is 1. The van der Waals surface area contributed by atoms with E-state index in [1.54, 1.807) is 18.2 Å². The zero-order valence-electron chi connectivity index (χ0n) is 15.8. The number of piperidine rings is 1. The molecular weight excluding hydrogens is 400 g/mol. The normalized spacial score (nSPS) is 15.5. The van der Waals surface area contributed by atoms with Crippen molar-refractivity contribution in [3.8, 4) is 11.8 Å². The van der Waals surface area contributed by atoms with Gasteiger partial charge in [0.05, 0.1) is 17.8 Å². The molecule has 0 aliphatic carbocycles. The first-order valence-corrected chi connectivity index (χ1v) is 9.46. The number of pyridine rings is 1. The summed E-state index contributed by atoms with van der Waals surface area (Å²) in [6.45, 7) is 1.11. The molecule has 9 heteroatoms. The highest BCUT2D eigenvalue weighted by atomic mass is 19.4. The Balaban J connectivity index is 1.59. The number of phenolic OH excluding ortho intramolecular Hbond substituents is 1. The van der Waals surface area contributed by atoms with Gasteiger partial charge < -0.3 is 14.4 Å². The van der Waals surface area contributed by atoms with Gasteiger partial charge in [0, 0.05) is 31.0 Å². The molecule has 1 aromatic carbocycles. The van der Waals surface area contributed by atoms with Crippen LogP contribution in [0.5, 0.6) is 5.75 Å². The summed E-state index contributed by atoms with van der Waals surface area (Å²) >= 11 is 0. The lowest BCUT2D eigenvalue weighted by molar-refractivity contribution is -0.127. The fraction of sp³-hybridized carbons (Fsp3) is 0.333. The number of rotatable bonds is 3. The Morgan fingerprint density at radius 2 is 1.93 bits per heavy atom. The minimum Gasteiger partial charge on any atom is -0.505 e. The molecule has 1 aliphatic rings. The monoisotopic (exact) mass is 418 g/mol. The summed E-state index contributed by atoms with van der Waals surface area (Å²) in [6.07, 6.45) is -1.56. The number of phenols is 1. The van der Waals surface area contributed by atoms with Crippen LogP contribution in [0, 0.1) is 17.1 Å². The van der Waals surface area contributed by atoms with Gasteiger partial charge in [0.25, 0.3) is 0 Å². The number of benzene rings is 1. The van der Waals surface area contributed by atoms with Gasteiger partial charge in [-0.3, -0.25) is 0 Å². The largest absolute Gasteiger partial charge is 0.505 e. The number of aromatic hydroxyl groups is 1. The molecule has 0 radical (unpaired) electrons. The van der Waals surface area contributed by atoms with E-state index < -0.39 is 18.4 Å². The van der Waals surface area contributed by atoms with E-state index in [9.17, 15) is 27.9 Å². The van der Waals surface area contributed by atoms with E-state index in [0.29, 0.717) is 37.2 Å². The molecule has 0 amide bonds. The molecule has 30 heavy (non-hydrogen) atoms.